The lowest BCUT2D eigenvalue weighted by molar-refractivity contribution is -0.200. The number of carbonyl (C=O) groups is 3. The molecule has 1 fully saturated rings. The van der Waals surface area contributed by atoms with Crippen LogP contribution in [-0.2, 0) is 29.0 Å². The van der Waals surface area contributed by atoms with Crippen molar-refractivity contribution in [3.05, 3.63) is 89.1 Å². The van der Waals surface area contributed by atoms with Crippen molar-refractivity contribution < 1.29 is 54.3 Å². The number of anilines is 3. The van der Waals surface area contributed by atoms with Gasteiger partial charge in [-0.2, -0.15) is 13.2 Å². The van der Waals surface area contributed by atoms with Gasteiger partial charge in [-0.25, -0.2) is 31.8 Å². The highest BCUT2D eigenvalue weighted by atomic mass is 32.2. The van der Waals surface area contributed by atoms with Crippen molar-refractivity contribution >= 4 is 55.8 Å². The normalized spacial score (nSPS) is 15.4. The highest BCUT2D eigenvalue weighted by molar-refractivity contribution is 7.92. The Morgan fingerprint density at radius 2 is 1.75 bits per heavy atom. The first-order valence-corrected chi connectivity index (χ1v) is 17.6. The Balaban J connectivity index is 1.64. The molecule has 2 atom stereocenters. The van der Waals surface area contributed by atoms with Crippen LogP contribution >= 0.6 is 0 Å². The van der Waals surface area contributed by atoms with Gasteiger partial charge < -0.3 is 25.5 Å². The Kier molecular flexibility index (Phi) is 10.8. The molecule has 2 amide bonds. The number of methoxy groups -OCH3 is 1. The average molecular weight is 764 g/mol. The molecule has 2 heterocycles. The Morgan fingerprint density at radius 1 is 1.04 bits per heavy atom. The largest absolute Gasteiger partial charge is 0.493 e. The molecule has 18 heteroatoms. The quantitative estimate of drug-likeness (QED) is 0.146. The fraction of sp³-hybridized carbons (Fsp3) is 0.314. The molecular weight excluding hydrogens is 729 g/mol. The van der Waals surface area contributed by atoms with E-state index < -0.39 is 68.6 Å². The van der Waals surface area contributed by atoms with Gasteiger partial charge in [0.05, 0.1) is 29.0 Å². The molecule has 4 aromatic rings. The van der Waals surface area contributed by atoms with E-state index in [1.165, 1.54) is 37.9 Å². The van der Waals surface area contributed by atoms with Crippen LogP contribution in [0.4, 0.5) is 43.9 Å². The van der Waals surface area contributed by atoms with Gasteiger partial charge in [0.25, 0.3) is 0 Å². The van der Waals surface area contributed by atoms with Crippen LogP contribution in [-0.4, -0.2) is 61.4 Å². The van der Waals surface area contributed by atoms with E-state index in [4.69, 9.17) is 5.73 Å². The number of carbonyl (C=O) groups excluding carboxylic acids is 3. The van der Waals surface area contributed by atoms with Crippen LogP contribution < -0.4 is 16.1 Å². The molecule has 1 aliphatic rings. The van der Waals surface area contributed by atoms with Gasteiger partial charge >= 0.3 is 18.2 Å². The number of aryl methyl sites for hydroxylation is 1. The van der Waals surface area contributed by atoms with Crippen LogP contribution in [0.5, 0.6) is 0 Å². The molecule has 1 aromatic heterocycles. The van der Waals surface area contributed by atoms with Gasteiger partial charge in [0.1, 0.15) is 23.5 Å². The molecule has 53 heavy (non-hydrogen) atoms. The number of hydroxylamine groups is 1. The number of benzene rings is 3. The topological polar surface area (TPSA) is 161 Å². The van der Waals surface area contributed by atoms with Gasteiger partial charge in [-0.05, 0) is 98.7 Å². The van der Waals surface area contributed by atoms with Crippen LogP contribution in [0.25, 0.3) is 10.8 Å². The summed E-state index contributed by atoms with van der Waals surface area (Å²) in [6.07, 6.45) is -5.17. The number of halogens is 5. The summed E-state index contributed by atoms with van der Waals surface area (Å²) < 4.78 is 101. The van der Waals surface area contributed by atoms with E-state index in [-0.39, 0.29) is 45.4 Å². The number of alkyl halides is 3. The minimum Gasteiger partial charge on any atom is -0.450 e. The Morgan fingerprint density at radius 3 is 2.42 bits per heavy atom. The van der Waals surface area contributed by atoms with Crippen molar-refractivity contribution in [2.75, 3.05) is 29.8 Å². The number of nitrogens with zero attached hydrogens (tertiary/aromatic N) is 3. The Bertz CT molecular complexity index is 2200. The first-order valence-electron chi connectivity index (χ1n) is 16.1. The standard InChI is InChI=1S/C35H34F5N5O7S/c1-18(2)53(49,50)29-10-8-22(45(34(48)51-4)52-33(47)35(38,39)40)16-25(29)28-6-5-13-44(28)32(46)30(24-14-19(3)26(36)17-27(24)37)43-21-7-9-23-20(15-21)11-12-42-31(23)41/h7-12,14-18,28,30,43H,5-6,13H2,1-4H3,(H2,41,42)/t28-,30-/m1/s1. The summed E-state index contributed by atoms with van der Waals surface area (Å²) in [5.41, 5.74) is 5.48. The molecule has 0 aliphatic carbocycles. The van der Waals surface area contributed by atoms with E-state index in [9.17, 15) is 40.4 Å². The monoisotopic (exact) mass is 763 g/mol. The molecule has 0 unspecified atom stereocenters. The third-order valence-corrected chi connectivity index (χ3v) is 11.0. The number of hydrogen-bond acceptors (Lipinski definition) is 10. The zero-order valence-corrected chi connectivity index (χ0v) is 29.5. The van der Waals surface area contributed by atoms with Crippen molar-refractivity contribution in [3.63, 3.8) is 0 Å². The van der Waals surface area contributed by atoms with E-state index >= 15 is 4.39 Å². The van der Waals surface area contributed by atoms with Crippen LogP contribution in [0.15, 0.2) is 65.7 Å². The van der Waals surface area contributed by atoms with Crippen LogP contribution in [0.2, 0.25) is 0 Å². The van der Waals surface area contributed by atoms with Gasteiger partial charge in [-0.3, -0.25) is 4.79 Å². The summed E-state index contributed by atoms with van der Waals surface area (Å²) in [4.78, 5) is 48.3. The lowest BCUT2D eigenvalue weighted by atomic mass is 9.99. The second kappa shape index (κ2) is 14.8. The van der Waals surface area contributed by atoms with Gasteiger partial charge in [0, 0.05) is 35.4 Å². The number of sulfone groups is 1. The summed E-state index contributed by atoms with van der Waals surface area (Å²) in [6, 6.07) is 8.70. The van der Waals surface area contributed by atoms with E-state index in [0.29, 0.717) is 28.9 Å². The predicted molar refractivity (Wildman–Crippen MR) is 183 cm³/mol. The molecule has 5 rings (SSSR count). The van der Waals surface area contributed by atoms with Crippen molar-refractivity contribution in [2.24, 2.45) is 0 Å². The van der Waals surface area contributed by atoms with E-state index in [2.05, 4.69) is 19.9 Å². The van der Waals surface area contributed by atoms with Gasteiger partial charge in [0.15, 0.2) is 9.84 Å². The summed E-state index contributed by atoms with van der Waals surface area (Å²) in [5.74, 6) is -5.19. The number of rotatable bonds is 8. The summed E-state index contributed by atoms with van der Waals surface area (Å²) >= 11 is 0. The highest BCUT2D eigenvalue weighted by Gasteiger charge is 2.45. The number of nitrogens with two attached hydrogens (primary N) is 1. The fourth-order valence-corrected chi connectivity index (χ4v) is 7.29. The van der Waals surface area contributed by atoms with E-state index in [1.807, 2.05) is 0 Å². The number of nitrogen functional groups attached to an aromatic ring is 1. The van der Waals surface area contributed by atoms with Gasteiger partial charge in [-0.1, -0.05) is 0 Å². The molecule has 1 aliphatic heterocycles. The molecule has 12 nitrogen and oxygen atoms in total. The third-order valence-electron chi connectivity index (χ3n) is 8.74. The van der Waals surface area contributed by atoms with Gasteiger partial charge in [-0.15, -0.1) is 5.06 Å². The zero-order valence-electron chi connectivity index (χ0n) is 28.7. The van der Waals surface area contributed by atoms with Crippen LogP contribution in [0.1, 0.15) is 55.5 Å². The third kappa shape index (κ3) is 7.81. The predicted octanol–water partition coefficient (Wildman–Crippen LogP) is 6.70. The minimum atomic E-state index is -5.52. The lowest BCUT2D eigenvalue weighted by Crippen LogP contribution is -2.40. The molecule has 3 aromatic carbocycles. The number of fused-ring (bicyclic) bond motifs is 1. The summed E-state index contributed by atoms with van der Waals surface area (Å²) in [5, 5.41) is 3.16. The number of amides is 2. The second-order valence-corrected chi connectivity index (χ2v) is 15.0. The summed E-state index contributed by atoms with van der Waals surface area (Å²) in [7, 11) is -3.35. The lowest BCUT2D eigenvalue weighted by Gasteiger charge is -2.32. The fourth-order valence-electron chi connectivity index (χ4n) is 6.00. The van der Waals surface area contributed by atoms with Crippen molar-refractivity contribution in [1.29, 1.82) is 0 Å². The minimum absolute atomic E-state index is 0.0125. The van der Waals surface area contributed by atoms with Crippen molar-refractivity contribution in [2.45, 2.75) is 62.0 Å². The maximum atomic E-state index is 15.6. The smallest absolute Gasteiger partial charge is 0.450 e. The number of hydrogen-bond donors (Lipinski definition) is 2. The first-order chi connectivity index (χ1) is 24.8. The number of pyridine rings is 1. The van der Waals surface area contributed by atoms with E-state index in [1.54, 1.807) is 24.3 Å². The average Bonchev–Trinajstić information content (AvgIpc) is 3.60. The molecule has 0 saturated carbocycles. The molecular formula is C35H34F5N5O7S. The number of ether oxygens (including phenoxy) is 1. The maximum absolute atomic E-state index is 15.6. The van der Waals surface area contributed by atoms with Crippen molar-refractivity contribution in [1.82, 2.24) is 9.88 Å². The maximum Gasteiger partial charge on any atom is 0.493 e. The number of likely N-dealkylation sites (tertiary alicyclic amines) is 1. The van der Waals surface area contributed by atoms with E-state index in [0.717, 1.165) is 25.3 Å². The number of aromatic nitrogens is 1. The van der Waals surface area contributed by atoms with Crippen LogP contribution in [0.3, 0.4) is 0 Å². The van der Waals surface area contributed by atoms with Crippen LogP contribution in [0, 0.1) is 18.6 Å². The molecule has 0 radical (unpaired) electrons. The zero-order chi connectivity index (χ0) is 39.0. The Hall–Kier alpha value is -5.52. The summed E-state index contributed by atoms with van der Waals surface area (Å²) in [6.45, 7) is 4.18. The molecule has 0 spiro atoms. The van der Waals surface area contributed by atoms with Gasteiger partial charge in [0.2, 0.25) is 5.91 Å². The second-order valence-electron chi connectivity index (χ2n) is 12.5. The molecule has 1 saturated heterocycles. The number of nitrogens with one attached hydrogen (secondary N) is 1. The molecule has 282 valence electrons. The molecule has 0 bridgehead atoms. The highest BCUT2D eigenvalue weighted by Crippen LogP contribution is 2.41. The first kappa shape index (κ1) is 38.7. The molecule has 3 N–H and O–H groups in total. The SMILES string of the molecule is COC(=O)N(OC(=O)C(F)(F)F)c1ccc(S(=O)(=O)C(C)C)c([C@H]2CCCN2C(=O)[C@H](Nc2ccc3c(N)nccc3c2)c2cc(C)c(F)cc2F)c1. The Labute approximate surface area is 300 Å². The van der Waals surface area contributed by atoms with Crippen molar-refractivity contribution in [3.8, 4) is 0 Å².